The first kappa shape index (κ1) is 21.8. The van der Waals surface area contributed by atoms with Gasteiger partial charge < -0.3 is 14.6 Å². The number of nitrogens with zero attached hydrogens (tertiary/aromatic N) is 1. The number of halogens is 2. The number of thiophene rings is 1. The van der Waals surface area contributed by atoms with E-state index in [1.165, 1.54) is 11.3 Å². The van der Waals surface area contributed by atoms with Crippen LogP contribution < -0.4 is 5.32 Å². The number of hydrogen-bond acceptors (Lipinski definition) is 4. The van der Waals surface area contributed by atoms with Crippen LogP contribution in [0.4, 0.5) is 5.69 Å². The van der Waals surface area contributed by atoms with Crippen molar-refractivity contribution in [1.29, 1.82) is 0 Å². The summed E-state index contributed by atoms with van der Waals surface area (Å²) in [6.45, 7) is 2.53. The van der Waals surface area contributed by atoms with Crippen molar-refractivity contribution in [3.63, 3.8) is 0 Å². The van der Waals surface area contributed by atoms with Crippen LogP contribution in [-0.2, 0) is 16.1 Å². The highest BCUT2D eigenvalue weighted by atomic mass is 35.5. The van der Waals surface area contributed by atoms with Gasteiger partial charge in [-0.2, -0.15) is 0 Å². The fourth-order valence-corrected chi connectivity index (χ4v) is 5.71. The van der Waals surface area contributed by atoms with E-state index in [1.807, 2.05) is 30.3 Å². The first-order valence-corrected chi connectivity index (χ1v) is 11.9. The molecule has 0 atom stereocenters. The van der Waals surface area contributed by atoms with Crippen LogP contribution in [0.5, 0.6) is 0 Å². The van der Waals surface area contributed by atoms with Crippen LogP contribution in [-0.4, -0.2) is 23.1 Å². The van der Waals surface area contributed by atoms with E-state index in [0.29, 0.717) is 15.7 Å². The van der Waals surface area contributed by atoms with Crippen molar-refractivity contribution in [2.24, 2.45) is 0 Å². The molecule has 3 aromatic carbocycles. The smallest absolute Gasteiger partial charge is 0.350 e. The monoisotopic (exact) mass is 496 g/mol. The molecule has 5 aromatic rings. The van der Waals surface area contributed by atoms with Gasteiger partial charge in [-0.15, -0.1) is 11.3 Å². The van der Waals surface area contributed by atoms with Gasteiger partial charge in [0, 0.05) is 49.1 Å². The molecule has 2 aromatic heterocycles. The predicted molar refractivity (Wildman–Crippen MR) is 136 cm³/mol. The number of hydrogen-bond donors (Lipinski definition) is 1. The van der Waals surface area contributed by atoms with Crippen LogP contribution in [0.25, 0.3) is 31.9 Å². The maximum Gasteiger partial charge on any atom is 0.350 e. The van der Waals surface area contributed by atoms with Crippen LogP contribution in [0, 0.1) is 0 Å². The number of anilines is 1. The largest absolute Gasteiger partial charge is 0.451 e. The van der Waals surface area contributed by atoms with E-state index in [4.69, 9.17) is 27.9 Å². The average Bonchev–Trinajstić information content (AvgIpc) is 3.31. The Morgan fingerprint density at radius 1 is 0.970 bits per heavy atom. The van der Waals surface area contributed by atoms with Crippen molar-refractivity contribution in [3.05, 3.63) is 75.6 Å². The molecule has 1 amide bonds. The molecule has 0 bridgehead atoms. The molecule has 0 saturated carbocycles. The standard InChI is InChI=1S/C25H18Cl2N2O3S/c1-2-29-19-6-4-3-5-16(19)18-12-15(8-10-20(18)29)28-22(30)13-32-25(31)24-23(27)17-9-7-14(26)11-21(17)33-24/h3-12H,2,13H2,1H3,(H,28,30). The summed E-state index contributed by atoms with van der Waals surface area (Å²) in [6.07, 6.45) is 0. The molecule has 5 nitrogen and oxygen atoms in total. The zero-order valence-corrected chi connectivity index (χ0v) is 19.9. The van der Waals surface area contributed by atoms with Crippen molar-refractivity contribution in [2.45, 2.75) is 13.5 Å². The first-order valence-electron chi connectivity index (χ1n) is 10.3. The van der Waals surface area contributed by atoms with Gasteiger partial charge in [0.15, 0.2) is 6.61 Å². The molecule has 0 saturated heterocycles. The van der Waals surface area contributed by atoms with Gasteiger partial charge in [0.25, 0.3) is 5.91 Å². The number of para-hydroxylation sites is 1. The molecule has 1 N–H and O–H groups in total. The van der Waals surface area contributed by atoms with Crippen molar-refractivity contribution in [2.75, 3.05) is 11.9 Å². The number of esters is 1. The van der Waals surface area contributed by atoms with E-state index in [-0.39, 0.29) is 4.88 Å². The normalized spacial score (nSPS) is 11.4. The second-order valence-electron chi connectivity index (χ2n) is 7.50. The highest BCUT2D eigenvalue weighted by Gasteiger charge is 2.20. The molecular formula is C25H18Cl2N2O3S. The van der Waals surface area contributed by atoms with Gasteiger partial charge >= 0.3 is 5.97 Å². The first-order chi connectivity index (χ1) is 16.0. The third kappa shape index (κ3) is 3.95. The van der Waals surface area contributed by atoms with Crippen molar-refractivity contribution in [1.82, 2.24) is 4.57 Å². The van der Waals surface area contributed by atoms with Crippen LogP contribution in [0.3, 0.4) is 0 Å². The van der Waals surface area contributed by atoms with Crippen LogP contribution in [0.15, 0.2) is 60.7 Å². The highest BCUT2D eigenvalue weighted by molar-refractivity contribution is 7.21. The Morgan fingerprint density at radius 3 is 2.58 bits per heavy atom. The summed E-state index contributed by atoms with van der Waals surface area (Å²) >= 11 is 13.5. The van der Waals surface area contributed by atoms with E-state index in [1.54, 1.807) is 18.2 Å². The third-order valence-corrected chi connectivity index (χ3v) is 7.36. The quantitative estimate of drug-likeness (QED) is 0.263. The summed E-state index contributed by atoms with van der Waals surface area (Å²) in [4.78, 5) is 25.2. The minimum absolute atomic E-state index is 0.246. The van der Waals surface area contributed by atoms with Gasteiger partial charge in [-0.1, -0.05) is 47.5 Å². The third-order valence-electron chi connectivity index (χ3n) is 5.48. The Hall–Kier alpha value is -3.06. The number of aryl methyl sites for hydroxylation is 1. The van der Waals surface area contributed by atoms with E-state index in [9.17, 15) is 9.59 Å². The van der Waals surface area contributed by atoms with Gasteiger partial charge in [-0.25, -0.2) is 4.79 Å². The number of nitrogens with one attached hydrogen (secondary N) is 1. The second kappa shape index (κ2) is 8.71. The van der Waals surface area contributed by atoms with Gasteiger partial charge in [-0.3, -0.25) is 4.79 Å². The maximum atomic E-state index is 12.5. The summed E-state index contributed by atoms with van der Waals surface area (Å²) in [5.41, 5.74) is 2.88. The fraction of sp³-hybridized carbons (Fsp3) is 0.120. The van der Waals surface area contributed by atoms with Gasteiger partial charge in [0.1, 0.15) is 4.88 Å². The van der Waals surface area contributed by atoms with Gasteiger partial charge in [-0.05, 0) is 43.3 Å². The number of carbonyl (C=O) groups is 2. The topological polar surface area (TPSA) is 60.3 Å². The lowest BCUT2D eigenvalue weighted by molar-refractivity contribution is -0.119. The number of benzene rings is 3. The van der Waals surface area contributed by atoms with Gasteiger partial charge in [0.05, 0.1) is 5.02 Å². The molecule has 0 aliphatic heterocycles. The summed E-state index contributed by atoms with van der Waals surface area (Å²) in [7, 11) is 0. The van der Waals surface area contributed by atoms with Gasteiger partial charge in [0.2, 0.25) is 0 Å². The number of fused-ring (bicyclic) bond motifs is 4. The number of amides is 1. The molecule has 0 spiro atoms. The molecular weight excluding hydrogens is 479 g/mol. The Bertz CT molecular complexity index is 1550. The van der Waals surface area contributed by atoms with Crippen molar-refractivity contribution < 1.29 is 14.3 Å². The zero-order valence-electron chi connectivity index (χ0n) is 17.5. The van der Waals surface area contributed by atoms with E-state index < -0.39 is 18.5 Å². The minimum Gasteiger partial charge on any atom is -0.451 e. The molecule has 8 heteroatoms. The van der Waals surface area contributed by atoms with E-state index >= 15 is 0 Å². The summed E-state index contributed by atoms with van der Waals surface area (Å²) in [5, 5.41) is 6.56. The summed E-state index contributed by atoms with van der Waals surface area (Å²) in [6, 6.07) is 19.1. The molecule has 5 rings (SSSR count). The van der Waals surface area contributed by atoms with Crippen molar-refractivity contribution >= 4 is 84.0 Å². The molecule has 166 valence electrons. The molecule has 2 heterocycles. The average molecular weight is 497 g/mol. The molecule has 33 heavy (non-hydrogen) atoms. The number of carbonyl (C=O) groups excluding carboxylic acids is 2. The SMILES string of the molecule is CCn1c2ccccc2c2cc(NC(=O)COC(=O)c3sc4cc(Cl)ccc4c3Cl)ccc21. The molecule has 0 radical (unpaired) electrons. The second-order valence-corrected chi connectivity index (χ2v) is 9.37. The Balaban J connectivity index is 1.32. The van der Waals surface area contributed by atoms with Crippen LogP contribution in [0.2, 0.25) is 10.0 Å². The molecule has 0 unspecified atom stereocenters. The minimum atomic E-state index is -0.644. The lowest BCUT2D eigenvalue weighted by atomic mass is 10.1. The highest BCUT2D eigenvalue weighted by Crippen LogP contribution is 2.37. The number of aromatic nitrogens is 1. The summed E-state index contributed by atoms with van der Waals surface area (Å²) < 4.78 is 8.24. The van der Waals surface area contributed by atoms with Crippen molar-refractivity contribution in [3.8, 4) is 0 Å². The Kier molecular flexibility index (Phi) is 5.74. The van der Waals surface area contributed by atoms with E-state index in [0.717, 1.165) is 38.4 Å². The molecule has 0 fully saturated rings. The summed E-state index contributed by atoms with van der Waals surface area (Å²) in [5.74, 6) is -1.07. The number of rotatable bonds is 5. The molecule has 0 aliphatic rings. The number of ether oxygens (including phenoxy) is 1. The molecule has 0 aliphatic carbocycles. The maximum absolute atomic E-state index is 12.5. The lowest BCUT2D eigenvalue weighted by Gasteiger charge is -2.07. The Morgan fingerprint density at radius 2 is 1.76 bits per heavy atom. The van der Waals surface area contributed by atoms with Crippen LogP contribution in [0.1, 0.15) is 16.6 Å². The van der Waals surface area contributed by atoms with E-state index in [2.05, 4.69) is 28.9 Å². The Labute approximate surface area is 203 Å². The predicted octanol–water partition coefficient (Wildman–Crippen LogP) is 7.13. The van der Waals surface area contributed by atoms with Crippen LogP contribution >= 0.6 is 34.5 Å². The lowest BCUT2D eigenvalue weighted by Crippen LogP contribution is -2.20. The fourth-order valence-electron chi connectivity index (χ4n) is 4.04. The zero-order chi connectivity index (χ0) is 23.1.